The molecule has 1 spiro atoms. The van der Waals surface area contributed by atoms with Crippen LogP contribution in [0.15, 0.2) is 55.6 Å². The number of carbonyl (C=O) groups excluding carboxylic acids is 3. The lowest BCUT2D eigenvalue weighted by molar-refractivity contribution is -0.154. The highest BCUT2D eigenvalue weighted by molar-refractivity contribution is 5.99. The average molecular weight is 524 g/mol. The van der Waals surface area contributed by atoms with Crippen LogP contribution in [0, 0.1) is 17.8 Å². The molecule has 4 rings (SSSR count). The van der Waals surface area contributed by atoms with E-state index in [-0.39, 0.29) is 30.2 Å². The quantitative estimate of drug-likeness (QED) is 0.336. The first kappa shape index (κ1) is 28.0. The normalized spacial score (nSPS) is 31.3. The zero-order valence-electron chi connectivity index (χ0n) is 22.8. The molecule has 1 aromatic rings. The fourth-order valence-corrected chi connectivity index (χ4v) is 6.91. The maximum absolute atomic E-state index is 14.4. The first-order valence-electron chi connectivity index (χ1n) is 13.6. The molecule has 8 heteroatoms. The van der Waals surface area contributed by atoms with E-state index in [4.69, 9.17) is 4.74 Å². The first-order chi connectivity index (χ1) is 18.2. The Morgan fingerprint density at radius 3 is 2.47 bits per heavy atom. The number of likely N-dealkylation sites (N-methyl/N-ethyl adjacent to an activating group) is 1. The summed E-state index contributed by atoms with van der Waals surface area (Å²) in [5.74, 6) is -2.02. The van der Waals surface area contributed by atoms with Crippen molar-refractivity contribution < 1.29 is 24.2 Å². The minimum Gasteiger partial charge on any atom is -0.396 e. The number of rotatable bonds is 12. The number of benzene rings is 1. The van der Waals surface area contributed by atoms with Crippen molar-refractivity contribution >= 4 is 17.7 Å². The van der Waals surface area contributed by atoms with Crippen molar-refractivity contribution in [1.29, 1.82) is 0 Å². The van der Waals surface area contributed by atoms with Crippen LogP contribution in [0.1, 0.15) is 38.7 Å². The van der Waals surface area contributed by atoms with Gasteiger partial charge >= 0.3 is 0 Å². The van der Waals surface area contributed by atoms with Crippen LogP contribution in [0.4, 0.5) is 0 Å². The fraction of sp³-hybridized carbons (Fsp3) is 0.567. The second kappa shape index (κ2) is 11.0. The molecule has 3 fully saturated rings. The summed E-state index contributed by atoms with van der Waals surface area (Å²) in [6, 6.07) is 8.87. The average Bonchev–Trinajstić information content (AvgIpc) is 3.40. The topological polar surface area (TPSA) is 90.4 Å². The molecule has 0 aliphatic carbocycles. The molecule has 3 amide bonds. The van der Waals surface area contributed by atoms with Gasteiger partial charge in [0.2, 0.25) is 17.7 Å². The SMILES string of the molecule is C=CCN(C)C(=O)[C@H]1[C@H]2C(=O)N(CCCCO)C(C(=O)N(CC=C)Cc3ccccc3)C23CC(C)[C@]1(C)O3. The van der Waals surface area contributed by atoms with Gasteiger partial charge in [-0.3, -0.25) is 14.4 Å². The van der Waals surface area contributed by atoms with Gasteiger partial charge in [-0.25, -0.2) is 0 Å². The number of hydrogen-bond donors (Lipinski definition) is 1. The Morgan fingerprint density at radius 1 is 1.16 bits per heavy atom. The van der Waals surface area contributed by atoms with E-state index < -0.39 is 29.1 Å². The van der Waals surface area contributed by atoms with Gasteiger partial charge in [0.25, 0.3) is 0 Å². The van der Waals surface area contributed by atoms with Crippen LogP contribution in [-0.2, 0) is 25.7 Å². The van der Waals surface area contributed by atoms with Crippen LogP contribution < -0.4 is 0 Å². The summed E-state index contributed by atoms with van der Waals surface area (Å²) in [6.07, 6.45) is 4.94. The number of amides is 3. The Balaban J connectivity index is 1.77. The molecule has 3 unspecified atom stereocenters. The third-order valence-corrected chi connectivity index (χ3v) is 8.78. The second-order valence-corrected chi connectivity index (χ2v) is 11.2. The van der Waals surface area contributed by atoms with Gasteiger partial charge in [0, 0.05) is 39.8 Å². The smallest absolute Gasteiger partial charge is 0.248 e. The number of aliphatic hydroxyl groups excluding tert-OH is 1. The third kappa shape index (κ3) is 4.47. The van der Waals surface area contributed by atoms with Gasteiger partial charge in [-0.05, 0) is 37.7 Å². The molecular formula is C30H41N3O5. The molecule has 6 atom stereocenters. The van der Waals surface area contributed by atoms with Crippen molar-refractivity contribution in [2.24, 2.45) is 17.8 Å². The van der Waals surface area contributed by atoms with Gasteiger partial charge in [-0.15, -0.1) is 13.2 Å². The highest BCUT2D eigenvalue weighted by Gasteiger charge is 2.80. The largest absolute Gasteiger partial charge is 0.396 e. The van der Waals surface area contributed by atoms with Crippen LogP contribution in [0.25, 0.3) is 0 Å². The molecule has 8 nitrogen and oxygen atoms in total. The summed E-state index contributed by atoms with van der Waals surface area (Å²) >= 11 is 0. The van der Waals surface area contributed by atoms with E-state index in [9.17, 15) is 19.5 Å². The number of ether oxygens (including phenoxy) is 1. The molecule has 3 aliphatic heterocycles. The van der Waals surface area contributed by atoms with E-state index >= 15 is 0 Å². The number of carbonyl (C=O) groups is 3. The van der Waals surface area contributed by atoms with E-state index in [1.165, 1.54) is 0 Å². The minimum absolute atomic E-state index is 0.00484. The Labute approximate surface area is 225 Å². The number of aliphatic hydroxyl groups is 1. The van der Waals surface area contributed by atoms with Crippen LogP contribution in [0.5, 0.6) is 0 Å². The van der Waals surface area contributed by atoms with E-state index in [1.54, 1.807) is 33.9 Å². The molecular weight excluding hydrogens is 482 g/mol. The molecule has 206 valence electrons. The number of nitrogens with zero attached hydrogens (tertiary/aromatic N) is 3. The Kier molecular flexibility index (Phi) is 8.14. The van der Waals surface area contributed by atoms with Crippen molar-refractivity contribution in [2.75, 3.05) is 33.3 Å². The van der Waals surface area contributed by atoms with Crippen LogP contribution in [-0.4, -0.2) is 88.1 Å². The summed E-state index contributed by atoms with van der Waals surface area (Å²) in [5.41, 5.74) is -0.970. The second-order valence-electron chi connectivity index (χ2n) is 11.2. The standard InChI is InChI=1S/C30H41N3O5/c1-6-15-31(5)26(35)23-24-27(36)33(17-11-12-18-34)25(30(24)19-21(3)29(23,4)38-30)28(37)32(16-7-2)20-22-13-9-8-10-14-22/h6-10,13-14,21,23-25,34H,1-2,11-12,15-20H2,3-5H3/t21?,23-,24+,25?,29+,30?/m1/s1. The summed E-state index contributed by atoms with van der Waals surface area (Å²) in [4.78, 5) is 47.3. The lowest BCUT2D eigenvalue weighted by Gasteiger charge is -2.38. The fourth-order valence-electron chi connectivity index (χ4n) is 6.91. The maximum atomic E-state index is 14.4. The van der Waals surface area contributed by atoms with Crippen molar-refractivity contribution in [3.8, 4) is 0 Å². The number of likely N-dealkylation sites (tertiary alicyclic amines) is 1. The van der Waals surface area contributed by atoms with Crippen molar-refractivity contribution in [3.05, 3.63) is 61.2 Å². The molecule has 1 N–H and O–H groups in total. The highest BCUT2D eigenvalue weighted by Crippen LogP contribution is 2.65. The van der Waals surface area contributed by atoms with Crippen LogP contribution >= 0.6 is 0 Å². The number of hydrogen-bond acceptors (Lipinski definition) is 5. The third-order valence-electron chi connectivity index (χ3n) is 8.78. The van der Waals surface area contributed by atoms with Crippen molar-refractivity contribution in [1.82, 2.24) is 14.7 Å². The Morgan fingerprint density at radius 2 is 1.84 bits per heavy atom. The van der Waals surface area contributed by atoms with E-state index in [2.05, 4.69) is 13.2 Å². The molecule has 38 heavy (non-hydrogen) atoms. The zero-order valence-corrected chi connectivity index (χ0v) is 22.8. The maximum Gasteiger partial charge on any atom is 0.248 e. The number of unbranched alkanes of at least 4 members (excludes halogenated alkanes) is 1. The molecule has 1 aromatic carbocycles. The van der Waals surface area contributed by atoms with Gasteiger partial charge in [0.1, 0.15) is 11.6 Å². The molecule has 3 heterocycles. The highest BCUT2D eigenvalue weighted by atomic mass is 16.5. The van der Waals surface area contributed by atoms with Gasteiger partial charge in [0.05, 0.1) is 17.4 Å². The van der Waals surface area contributed by atoms with Gasteiger partial charge < -0.3 is 24.5 Å². The van der Waals surface area contributed by atoms with E-state index in [0.29, 0.717) is 45.4 Å². The summed E-state index contributed by atoms with van der Waals surface area (Å²) in [5, 5.41) is 9.39. The lowest BCUT2D eigenvalue weighted by atomic mass is 9.62. The predicted octanol–water partition coefficient (Wildman–Crippen LogP) is 2.63. The van der Waals surface area contributed by atoms with Gasteiger partial charge in [-0.1, -0.05) is 49.4 Å². The molecule has 3 saturated heterocycles. The number of fused-ring (bicyclic) bond motifs is 1. The first-order valence-corrected chi connectivity index (χ1v) is 13.6. The molecule has 0 radical (unpaired) electrons. The van der Waals surface area contributed by atoms with Gasteiger partial charge in [0.15, 0.2) is 0 Å². The van der Waals surface area contributed by atoms with E-state index in [0.717, 1.165) is 5.56 Å². The van der Waals surface area contributed by atoms with Crippen molar-refractivity contribution in [2.45, 2.75) is 56.9 Å². The summed E-state index contributed by atoms with van der Waals surface area (Å²) in [6.45, 7) is 13.0. The summed E-state index contributed by atoms with van der Waals surface area (Å²) in [7, 11) is 1.71. The lowest BCUT2D eigenvalue weighted by Crippen LogP contribution is -2.56. The predicted molar refractivity (Wildman–Crippen MR) is 145 cm³/mol. The Hall–Kier alpha value is -2.97. The van der Waals surface area contributed by atoms with Crippen molar-refractivity contribution in [3.63, 3.8) is 0 Å². The zero-order chi connectivity index (χ0) is 27.7. The molecule has 0 aromatic heterocycles. The Bertz CT molecular complexity index is 1080. The molecule has 3 aliphatic rings. The molecule has 0 saturated carbocycles. The van der Waals surface area contributed by atoms with E-state index in [1.807, 2.05) is 44.2 Å². The molecule has 2 bridgehead atoms. The van der Waals surface area contributed by atoms with Gasteiger partial charge in [-0.2, -0.15) is 0 Å². The van der Waals surface area contributed by atoms with Crippen LogP contribution in [0.2, 0.25) is 0 Å². The summed E-state index contributed by atoms with van der Waals surface area (Å²) < 4.78 is 6.81. The minimum atomic E-state index is -1.09. The van der Waals surface area contributed by atoms with Crippen LogP contribution in [0.3, 0.4) is 0 Å². The monoisotopic (exact) mass is 523 g/mol.